The van der Waals surface area contributed by atoms with Crippen LogP contribution in [0.15, 0.2) is 37.2 Å². The normalized spacial score (nSPS) is 16.9. The maximum atomic E-state index is 13.3. The quantitative estimate of drug-likeness (QED) is 0.679. The van der Waals surface area contributed by atoms with E-state index in [1.807, 2.05) is 14.1 Å². The van der Waals surface area contributed by atoms with Crippen molar-refractivity contribution in [1.82, 2.24) is 24.5 Å². The SMILES string of the molecule is C=CC(=O)N1CCN(c2cn3cc(C(=O)NC)ccc3n2)C(=O)C1CCCN(C)C. The number of carbonyl (C=O) groups is 3. The molecule has 3 rings (SSSR count). The molecule has 0 radical (unpaired) electrons. The van der Waals surface area contributed by atoms with Crippen LogP contribution < -0.4 is 10.2 Å². The van der Waals surface area contributed by atoms with Gasteiger partial charge in [0.25, 0.3) is 11.8 Å². The third-order valence-corrected chi connectivity index (χ3v) is 5.24. The van der Waals surface area contributed by atoms with Gasteiger partial charge in [0, 0.05) is 26.3 Å². The van der Waals surface area contributed by atoms with Gasteiger partial charge in [0.2, 0.25) is 5.91 Å². The summed E-state index contributed by atoms with van der Waals surface area (Å²) in [6.07, 6.45) is 6.04. The summed E-state index contributed by atoms with van der Waals surface area (Å²) in [5.41, 5.74) is 1.14. The molecule has 1 aliphatic rings. The zero-order valence-corrected chi connectivity index (χ0v) is 17.7. The van der Waals surface area contributed by atoms with E-state index >= 15 is 0 Å². The van der Waals surface area contributed by atoms with Crippen LogP contribution in [0.1, 0.15) is 23.2 Å². The Kier molecular flexibility index (Phi) is 6.51. The number of pyridine rings is 1. The molecule has 2 aromatic heterocycles. The Morgan fingerprint density at radius 1 is 1.30 bits per heavy atom. The van der Waals surface area contributed by atoms with Crippen molar-refractivity contribution in [2.75, 3.05) is 45.7 Å². The van der Waals surface area contributed by atoms with Crippen LogP contribution >= 0.6 is 0 Å². The lowest BCUT2D eigenvalue weighted by Gasteiger charge is -2.39. The second kappa shape index (κ2) is 9.08. The van der Waals surface area contributed by atoms with Gasteiger partial charge in [-0.15, -0.1) is 0 Å². The number of hydrogen-bond donors (Lipinski definition) is 1. The minimum atomic E-state index is -0.546. The van der Waals surface area contributed by atoms with E-state index in [4.69, 9.17) is 0 Å². The molecule has 0 aliphatic carbocycles. The van der Waals surface area contributed by atoms with E-state index in [9.17, 15) is 14.4 Å². The van der Waals surface area contributed by atoms with Crippen molar-refractivity contribution in [3.63, 3.8) is 0 Å². The van der Waals surface area contributed by atoms with Gasteiger partial charge in [-0.25, -0.2) is 4.98 Å². The van der Waals surface area contributed by atoms with E-state index in [0.29, 0.717) is 36.5 Å². The molecule has 30 heavy (non-hydrogen) atoms. The molecule has 9 nitrogen and oxygen atoms in total. The number of hydrogen-bond acceptors (Lipinski definition) is 5. The average molecular weight is 412 g/mol. The summed E-state index contributed by atoms with van der Waals surface area (Å²) < 4.78 is 1.73. The number of carbonyl (C=O) groups excluding carboxylic acids is 3. The topological polar surface area (TPSA) is 90.3 Å². The molecule has 3 heterocycles. The van der Waals surface area contributed by atoms with Crippen molar-refractivity contribution in [3.8, 4) is 0 Å². The Morgan fingerprint density at radius 3 is 2.73 bits per heavy atom. The number of aromatic nitrogens is 2. The molecule has 1 atom stereocenters. The fourth-order valence-corrected chi connectivity index (χ4v) is 3.66. The monoisotopic (exact) mass is 412 g/mol. The van der Waals surface area contributed by atoms with Crippen LogP contribution in [0.2, 0.25) is 0 Å². The van der Waals surface area contributed by atoms with Gasteiger partial charge in [0.1, 0.15) is 11.7 Å². The Labute approximate surface area is 175 Å². The number of anilines is 1. The van der Waals surface area contributed by atoms with Gasteiger partial charge in [-0.1, -0.05) is 6.58 Å². The van der Waals surface area contributed by atoms with Crippen LogP contribution in [0.25, 0.3) is 5.65 Å². The number of fused-ring (bicyclic) bond motifs is 1. The zero-order chi connectivity index (χ0) is 21.8. The summed E-state index contributed by atoms with van der Waals surface area (Å²) in [5.74, 6) is -0.0636. The highest BCUT2D eigenvalue weighted by Gasteiger charge is 2.37. The molecule has 0 bridgehead atoms. The average Bonchev–Trinajstić information content (AvgIpc) is 3.16. The van der Waals surface area contributed by atoms with Gasteiger partial charge in [-0.05, 0) is 51.7 Å². The molecule has 0 saturated carbocycles. The van der Waals surface area contributed by atoms with E-state index < -0.39 is 6.04 Å². The van der Waals surface area contributed by atoms with Crippen molar-refractivity contribution in [2.24, 2.45) is 0 Å². The molecule has 1 unspecified atom stereocenters. The molecule has 2 aromatic rings. The van der Waals surface area contributed by atoms with Gasteiger partial charge in [0.15, 0.2) is 5.82 Å². The number of nitrogens with one attached hydrogen (secondary N) is 1. The smallest absolute Gasteiger partial charge is 0.252 e. The van der Waals surface area contributed by atoms with E-state index in [2.05, 4.69) is 21.8 Å². The van der Waals surface area contributed by atoms with E-state index in [1.165, 1.54) is 6.08 Å². The van der Waals surface area contributed by atoms with E-state index in [0.717, 1.165) is 13.0 Å². The number of amides is 3. The maximum absolute atomic E-state index is 13.3. The van der Waals surface area contributed by atoms with Gasteiger partial charge >= 0.3 is 0 Å². The predicted octanol–water partition coefficient (Wildman–Crippen LogP) is 0.766. The molecule has 1 aliphatic heterocycles. The van der Waals surface area contributed by atoms with E-state index in [1.54, 1.807) is 45.8 Å². The largest absolute Gasteiger partial charge is 0.355 e. The van der Waals surface area contributed by atoms with Gasteiger partial charge < -0.3 is 19.5 Å². The van der Waals surface area contributed by atoms with Gasteiger partial charge in [-0.2, -0.15) is 0 Å². The number of nitrogens with zero attached hydrogens (tertiary/aromatic N) is 5. The first-order chi connectivity index (χ1) is 14.3. The first kappa shape index (κ1) is 21.5. The van der Waals surface area contributed by atoms with Crippen molar-refractivity contribution < 1.29 is 14.4 Å². The summed E-state index contributed by atoms with van der Waals surface area (Å²) in [4.78, 5) is 47.3. The molecule has 1 fully saturated rings. The molecular formula is C21H28N6O3. The zero-order valence-electron chi connectivity index (χ0n) is 17.7. The van der Waals surface area contributed by atoms with Gasteiger partial charge in [-0.3, -0.25) is 19.3 Å². The number of imidazole rings is 1. The highest BCUT2D eigenvalue weighted by atomic mass is 16.2. The Bertz CT molecular complexity index is 967. The van der Waals surface area contributed by atoms with E-state index in [-0.39, 0.29) is 17.7 Å². The Morgan fingerprint density at radius 2 is 2.07 bits per heavy atom. The predicted molar refractivity (Wildman–Crippen MR) is 114 cm³/mol. The second-order valence-corrected chi connectivity index (χ2v) is 7.55. The van der Waals surface area contributed by atoms with Gasteiger partial charge in [0.05, 0.1) is 11.8 Å². The second-order valence-electron chi connectivity index (χ2n) is 7.55. The van der Waals surface area contributed by atoms with Crippen LogP contribution in [0.5, 0.6) is 0 Å². The molecule has 3 amide bonds. The fraction of sp³-hybridized carbons (Fsp3) is 0.429. The molecule has 0 spiro atoms. The maximum Gasteiger partial charge on any atom is 0.252 e. The van der Waals surface area contributed by atoms with Crippen LogP contribution in [0.4, 0.5) is 5.82 Å². The summed E-state index contributed by atoms with van der Waals surface area (Å²) in [7, 11) is 5.53. The molecule has 1 saturated heterocycles. The summed E-state index contributed by atoms with van der Waals surface area (Å²) in [6.45, 7) is 5.17. The lowest BCUT2D eigenvalue weighted by atomic mass is 10.0. The fourth-order valence-electron chi connectivity index (χ4n) is 3.66. The van der Waals surface area contributed by atoms with Crippen LogP contribution in [0, 0.1) is 0 Å². The lowest BCUT2D eigenvalue weighted by molar-refractivity contribution is -0.138. The number of piperazine rings is 1. The summed E-state index contributed by atoms with van der Waals surface area (Å²) in [6, 6.07) is 2.89. The minimum absolute atomic E-state index is 0.148. The highest BCUT2D eigenvalue weighted by molar-refractivity contribution is 6.01. The Balaban J connectivity index is 1.86. The summed E-state index contributed by atoms with van der Waals surface area (Å²) >= 11 is 0. The van der Waals surface area contributed by atoms with Crippen molar-refractivity contribution in [3.05, 3.63) is 42.7 Å². The molecule has 0 aromatic carbocycles. The molecule has 9 heteroatoms. The Hall–Kier alpha value is -3.20. The third-order valence-electron chi connectivity index (χ3n) is 5.24. The first-order valence-corrected chi connectivity index (χ1v) is 9.95. The third kappa shape index (κ3) is 4.35. The van der Waals surface area contributed by atoms with Crippen molar-refractivity contribution in [2.45, 2.75) is 18.9 Å². The molecular weight excluding hydrogens is 384 g/mol. The standard InChI is InChI=1S/C21H28N6O3/c1-5-19(28)26-11-12-27(21(30)16(26)7-6-10-24(3)4)18-14-25-13-15(20(29)22-2)8-9-17(25)23-18/h5,8-9,13-14,16H,1,6-7,10-12H2,2-4H3,(H,22,29). The van der Waals surface area contributed by atoms with Crippen LogP contribution in [-0.4, -0.2) is 83.7 Å². The number of rotatable bonds is 7. The van der Waals surface area contributed by atoms with Crippen molar-refractivity contribution >= 4 is 29.2 Å². The molecule has 160 valence electrons. The summed E-state index contributed by atoms with van der Waals surface area (Å²) in [5, 5.41) is 2.59. The lowest BCUT2D eigenvalue weighted by Crippen LogP contribution is -2.58. The minimum Gasteiger partial charge on any atom is -0.355 e. The molecule has 1 N–H and O–H groups in total. The van der Waals surface area contributed by atoms with Crippen LogP contribution in [-0.2, 0) is 9.59 Å². The van der Waals surface area contributed by atoms with Crippen molar-refractivity contribution in [1.29, 1.82) is 0 Å². The first-order valence-electron chi connectivity index (χ1n) is 9.95. The van der Waals surface area contributed by atoms with Crippen LogP contribution in [0.3, 0.4) is 0 Å². The highest BCUT2D eigenvalue weighted by Crippen LogP contribution is 2.23.